The van der Waals surface area contributed by atoms with E-state index >= 15 is 0 Å². The molecule has 0 aliphatic carbocycles. The van der Waals surface area contributed by atoms with Crippen molar-refractivity contribution in [2.24, 2.45) is 0 Å². The first kappa shape index (κ1) is 20.4. The summed E-state index contributed by atoms with van der Waals surface area (Å²) in [5, 5.41) is 14.0. The van der Waals surface area contributed by atoms with E-state index in [2.05, 4.69) is 10.3 Å². The number of nitrogens with one attached hydrogen (secondary N) is 1. The molecule has 1 amide bonds. The Hall–Kier alpha value is -3.30. The molecule has 2 aromatic carbocycles. The van der Waals surface area contributed by atoms with E-state index in [9.17, 15) is 19.7 Å². The van der Waals surface area contributed by atoms with Gasteiger partial charge in [0.1, 0.15) is 9.88 Å². The monoisotopic (exact) mass is 431 g/mol. The molecule has 0 bridgehead atoms. The number of esters is 1. The Morgan fingerprint density at radius 1 is 1.24 bits per heavy atom. The van der Waals surface area contributed by atoms with Crippen LogP contribution in [0.15, 0.2) is 48.5 Å². The van der Waals surface area contributed by atoms with Gasteiger partial charge in [0.25, 0.3) is 11.6 Å². The molecule has 0 saturated carbocycles. The second-order valence-corrected chi connectivity index (χ2v) is 7.25. The molecule has 1 heterocycles. The SMILES string of the molecule is Cc1nc(-c2ccccc2)sc1C(=O)OCC(=O)Nc1cc([N+](=O)[O-])ccc1Cl. The number of non-ortho nitro benzene ring substituents is 1. The van der Waals surface area contributed by atoms with Gasteiger partial charge in [-0.1, -0.05) is 41.9 Å². The predicted molar refractivity (Wildman–Crippen MR) is 109 cm³/mol. The average Bonchev–Trinajstić information content (AvgIpc) is 3.10. The minimum atomic E-state index is -0.678. The summed E-state index contributed by atoms with van der Waals surface area (Å²) in [6.07, 6.45) is 0. The van der Waals surface area contributed by atoms with Crippen molar-refractivity contribution in [1.82, 2.24) is 4.98 Å². The number of halogens is 1. The van der Waals surface area contributed by atoms with Gasteiger partial charge in [-0.15, -0.1) is 11.3 Å². The maximum absolute atomic E-state index is 12.3. The summed E-state index contributed by atoms with van der Waals surface area (Å²) in [4.78, 5) is 39.3. The molecule has 1 N–H and O–H groups in total. The molecule has 29 heavy (non-hydrogen) atoms. The van der Waals surface area contributed by atoms with Crippen LogP contribution in [0.25, 0.3) is 10.6 Å². The number of thiazole rings is 1. The van der Waals surface area contributed by atoms with E-state index in [4.69, 9.17) is 16.3 Å². The van der Waals surface area contributed by atoms with E-state index in [0.29, 0.717) is 15.6 Å². The van der Waals surface area contributed by atoms with Crippen LogP contribution in [0, 0.1) is 17.0 Å². The summed E-state index contributed by atoms with van der Waals surface area (Å²) in [6, 6.07) is 13.0. The lowest BCUT2D eigenvalue weighted by molar-refractivity contribution is -0.384. The second-order valence-electron chi connectivity index (χ2n) is 5.85. The van der Waals surface area contributed by atoms with E-state index in [1.54, 1.807) is 6.92 Å². The molecule has 0 aliphatic heterocycles. The molecule has 0 unspecified atom stereocenters. The van der Waals surface area contributed by atoms with Gasteiger partial charge in [0.05, 0.1) is 21.3 Å². The Kier molecular flexibility index (Phi) is 6.20. The molecule has 10 heteroatoms. The number of hydrogen-bond donors (Lipinski definition) is 1. The number of rotatable bonds is 6. The zero-order chi connectivity index (χ0) is 21.0. The van der Waals surface area contributed by atoms with Gasteiger partial charge in [0.15, 0.2) is 6.61 Å². The Morgan fingerprint density at radius 3 is 2.66 bits per heavy atom. The topological polar surface area (TPSA) is 111 Å². The van der Waals surface area contributed by atoms with Crippen molar-refractivity contribution in [1.29, 1.82) is 0 Å². The number of nitro groups is 1. The number of anilines is 1. The largest absolute Gasteiger partial charge is 0.451 e. The number of amides is 1. The fraction of sp³-hybridized carbons (Fsp3) is 0.105. The Morgan fingerprint density at radius 2 is 1.97 bits per heavy atom. The number of carbonyl (C=O) groups is 2. The van der Waals surface area contributed by atoms with Gasteiger partial charge in [-0.3, -0.25) is 14.9 Å². The molecule has 8 nitrogen and oxygen atoms in total. The highest BCUT2D eigenvalue weighted by Crippen LogP contribution is 2.29. The normalized spacial score (nSPS) is 10.4. The first-order valence-corrected chi connectivity index (χ1v) is 9.48. The van der Waals surface area contributed by atoms with Gasteiger partial charge in [0.2, 0.25) is 0 Å². The molecule has 0 spiro atoms. The molecule has 148 valence electrons. The van der Waals surface area contributed by atoms with Crippen LogP contribution >= 0.6 is 22.9 Å². The third-order valence-corrected chi connectivity index (χ3v) is 5.29. The Bertz CT molecular complexity index is 1080. The van der Waals surface area contributed by atoms with Crippen LogP contribution in [0.2, 0.25) is 5.02 Å². The molecular weight excluding hydrogens is 418 g/mol. The highest BCUT2D eigenvalue weighted by atomic mass is 35.5. The quantitative estimate of drug-likeness (QED) is 0.350. The van der Waals surface area contributed by atoms with Crippen LogP contribution < -0.4 is 5.32 Å². The van der Waals surface area contributed by atoms with Crippen molar-refractivity contribution in [3.05, 3.63) is 74.2 Å². The predicted octanol–water partition coefficient (Wildman–Crippen LogP) is 4.48. The van der Waals surface area contributed by atoms with Gasteiger partial charge in [-0.2, -0.15) is 0 Å². The standard InChI is InChI=1S/C19H14ClN3O5S/c1-11-17(29-18(21-11)12-5-3-2-4-6-12)19(25)28-10-16(24)22-15-9-13(23(26)27)7-8-14(15)20/h2-9H,10H2,1H3,(H,22,24). The van der Waals surface area contributed by atoms with Crippen LogP contribution in [0.1, 0.15) is 15.4 Å². The number of hydrogen-bond acceptors (Lipinski definition) is 7. The zero-order valence-electron chi connectivity index (χ0n) is 15.0. The number of ether oxygens (including phenoxy) is 1. The lowest BCUT2D eigenvalue weighted by Crippen LogP contribution is -2.21. The molecule has 0 saturated heterocycles. The molecule has 3 aromatic rings. The minimum absolute atomic E-state index is 0.0576. The van der Waals surface area contributed by atoms with Crippen molar-refractivity contribution in [2.45, 2.75) is 6.92 Å². The molecule has 0 atom stereocenters. The average molecular weight is 432 g/mol. The molecule has 3 rings (SSSR count). The second kappa shape index (κ2) is 8.80. The minimum Gasteiger partial charge on any atom is -0.451 e. The highest BCUT2D eigenvalue weighted by Gasteiger charge is 2.19. The fourth-order valence-electron chi connectivity index (χ4n) is 2.40. The van der Waals surface area contributed by atoms with Gasteiger partial charge in [-0.25, -0.2) is 9.78 Å². The first-order chi connectivity index (χ1) is 13.8. The van der Waals surface area contributed by atoms with Gasteiger partial charge < -0.3 is 10.1 Å². The van der Waals surface area contributed by atoms with Crippen molar-refractivity contribution in [3.63, 3.8) is 0 Å². The molecular formula is C19H14ClN3O5S. The van der Waals surface area contributed by atoms with E-state index in [0.717, 1.165) is 11.6 Å². The summed E-state index contributed by atoms with van der Waals surface area (Å²) in [5.41, 5.74) is 1.20. The third kappa shape index (κ3) is 4.95. The van der Waals surface area contributed by atoms with Crippen LogP contribution in [-0.2, 0) is 9.53 Å². The molecule has 0 aliphatic rings. The molecule has 0 radical (unpaired) electrons. The zero-order valence-corrected chi connectivity index (χ0v) is 16.6. The van der Waals surface area contributed by atoms with Gasteiger partial charge >= 0.3 is 5.97 Å². The number of aromatic nitrogens is 1. The number of carbonyl (C=O) groups excluding carboxylic acids is 2. The van der Waals surface area contributed by atoms with Gasteiger partial charge in [0, 0.05) is 17.7 Å². The van der Waals surface area contributed by atoms with Crippen molar-refractivity contribution in [2.75, 3.05) is 11.9 Å². The maximum atomic E-state index is 12.3. The van der Waals surface area contributed by atoms with Crippen molar-refractivity contribution in [3.8, 4) is 10.6 Å². The summed E-state index contributed by atoms with van der Waals surface area (Å²) in [5.74, 6) is -1.35. The van der Waals surface area contributed by atoms with Crippen LogP contribution in [0.5, 0.6) is 0 Å². The maximum Gasteiger partial charge on any atom is 0.350 e. The Balaban J connectivity index is 1.64. The van der Waals surface area contributed by atoms with Crippen LogP contribution in [0.4, 0.5) is 11.4 Å². The Labute approximate surface area is 174 Å². The summed E-state index contributed by atoms with van der Waals surface area (Å²) < 4.78 is 5.05. The smallest absolute Gasteiger partial charge is 0.350 e. The lowest BCUT2D eigenvalue weighted by Gasteiger charge is -2.07. The van der Waals surface area contributed by atoms with E-state index in [-0.39, 0.29) is 16.4 Å². The van der Waals surface area contributed by atoms with Crippen molar-refractivity contribution < 1.29 is 19.2 Å². The van der Waals surface area contributed by atoms with Crippen molar-refractivity contribution >= 4 is 46.2 Å². The lowest BCUT2D eigenvalue weighted by atomic mass is 10.2. The fourth-order valence-corrected chi connectivity index (χ4v) is 3.53. The number of aryl methyl sites for hydroxylation is 1. The number of nitrogens with zero attached hydrogens (tertiary/aromatic N) is 2. The first-order valence-electron chi connectivity index (χ1n) is 8.29. The highest BCUT2D eigenvalue weighted by molar-refractivity contribution is 7.17. The van der Waals surface area contributed by atoms with E-state index in [1.165, 1.54) is 23.5 Å². The van der Waals surface area contributed by atoms with Crippen LogP contribution in [0.3, 0.4) is 0 Å². The summed E-state index contributed by atoms with van der Waals surface area (Å²) in [6.45, 7) is 1.11. The van der Waals surface area contributed by atoms with Crippen LogP contribution in [-0.4, -0.2) is 28.4 Å². The van der Waals surface area contributed by atoms with E-state index < -0.39 is 23.4 Å². The summed E-state index contributed by atoms with van der Waals surface area (Å²) in [7, 11) is 0. The number of benzene rings is 2. The third-order valence-electron chi connectivity index (χ3n) is 3.77. The van der Waals surface area contributed by atoms with E-state index in [1.807, 2.05) is 30.3 Å². The number of nitro benzene ring substituents is 1. The molecule has 0 fully saturated rings. The molecule has 1 aromatic heterocycles. The van der Waals surface area contributed by atoms with Gasteiger partial charge in [-0.05, 0) is 13.0 Å². The summed E-state index contributed by atoms with van der Waals surface area (Å²) >= 11 is 7.10.